The number of rotatable bonds is 8. The van der Waals surface area contributed by atoms with Crippen LogP contribution in [0, 0.1) is 0 Å². The molecule has 2 unspecified atom stereocenters. The predicted molar refractivity (Wildman–Crippen MR) is 83.1 cm³/mol. The number of alkyl halides is 3. The third-order valence-corrected chi connectivity index (χ3v) is 4.72. The maximum Gasteiger partial charge on any atom is 0.485 e. The van der Waals surface area contributed by atoms with Gasteiger partial charge in [0.15, 0.2) is 10.1 Å². The van der Waals surface area contributed by atoms with Crippen LogP contribution in [0.15, 0.2) is 0 Å². The smallest absolute Gasteiger partial charge is 0.485 e. The minimum absolute atomic E-state index is 1.01. The van der Waals surface area contributed by atoms with Crippen LogP contribution in [0.4, 0.5) is 13.2 Å². The minimum atomic E-state index is -6.09. The molecule has 1 fully saturated rings. The van der Waals surface area contributed by atoms with Gasteiger partial charge < -0.3 is 9.45 Å². The normalized spacial score (nSPS) is 21.8. The van der Waals surface area contributed by atoms with Crippen molar-refractivity contribution in [2.75, 3.05) is 13.1 Å². The van der Waals surface area contributed by atoms with Crippen LogP contribution in [0.3, 0.4) is 0 Å². The summed E-state index contributed by atoms with van der Waals surface area (Å²) in [5.74, 6) is 0. The molecule has 1 saturated heterocycles. The largest absolute Gasteiger partial charge is 0.741 e. The van der Waals surface area contributed by atoms with Crippen molar-refractivity contribution >= 4 is 10.1 Å². The van der Waals surface area contributed by atoms with Crippen LogP contribution in [0.2, 0.25) is 0 Å². The molecule has 1 aliphatic heterocycles. The molecule has 8 heteroatoms. The molecular weight excluding hydrogens is 331 g/mol. The molecule has 0 aromatic heterocycles. The van der Waals surface area contributed by atoms with Gasteiger partial charge in [-0.05, 0) is 19.3 Å². The van der Waals surface area contributed by atoms with Gasteiger partial charge in [0.2, 0.25) is 0 Å². The van der Waals surface area contributed by atoms with Crippen molar-refractivity contribution in [1.82, 2.24) is 0 Å². The third kappa shape index (κ3) is 10.2. The van der Waals surface area contributed by atoms with Crippen LogP contribution >= 0.6 is 0 Å². The molecule has 1 aliphatic rings. The fraction of sp³-hybridized carbons (Fsp3) is 1.00. The van der Waals surface area contributed by atoms with Crippen molar-refractivity contribution in [3.8, 4) is 0 Å². The van der Waals surface area contributed by atoms with E-state index in [0.29, 0.717) is 0 Å². The van der Waals surface area contributed by atoms with E-state index in [1.807, 2.05) is 4.90 Å². The summed E-state index contributed by atoms with van der Waals surface area (Å²) in [4.78, 5) is 1.92. The Balaban J connectivity index is 0.000000515. The SMILES string of the molecule is CCCCCCC[NH+]1CCCC1CCC.O=S(=O)([O-])C(F)(F)F. The Bertz CT molecular complexity index is 399. The van der Waals surface area contributed by atoms with E-state index in [9.17, 15) is 13.2 Å². The molecule has 2 atom stereocenters. The zero-order valence-electron chi connectivity index (χ0n) is 14.1. The summed E-state index contributed by atoms with van der Waals surface area (Å²) in [6.45, 7) is 7.53. The zero-order valence-corrected chi connectivity index (χ0v) is 14.9. The van der Waals surface area contributed by atoms with Gasteiger partial charge in [0, 0.05) is 12.8 Å². The summed E-state index contributed by atoms with van der Waals surface area (Å²) in [5, 5.41) is 0. The Morgan fingerprint density at radius 1 is 1.09 bits per heavy atom. The van der Waals surface area contributed by atoms with Crippen molar-refractivity contribution < 1.29 is 31.0 Å². The fourth-order valence-corrected chi connectivity index (χ4v) is 2.97. The van der Waals surface area contributed by atoms with E-state index in [4.69, 9.17) is 13.0 Å². The molecule has 1 rings (SSSR count). The van der Waals surface area contributed by atoms with Crippen LogP contribution in [-0.4, -0.2) is 37.6 Å². The molecule has 0 aliphatic carbocycles. The molecule has 4 nitrogen and oxygen atoms in total. The Morgan fingerprint density at radius 2 is 1.65 bits per heavy atom. The van der Waals surface area contributed by atoms with Crippen molar-refractivity contribution in [2.45, 2.75) is 83.2 Å². The summed E-state index contributed by atoms with van der Waals surface area (Å²) < 4.78 is 58.9. The van der Waals surface area contributed by atoms with E-state index >= 15 is 0 Å². The highest BCUT2D eigenvalue weighted by molar-refractivity contribution is 7.86. The first kappa shape index (κ1) is 22.7. The maximum atomic E-state index is 10.7. The molecule has 1 heterocycles. The Kier molecular flexibility index (Phi) is 11.1. The van der Waals surface area contributed by atoms with Gasteiger partial charge >= 0.3 is 5.51 Å². The number of quaternary nitrogens is 1. The lowest BCUT2D eigenvalue weighted by Gasteiger charge is -2.20. The molecular formula is C15H30F3NO3S. The summed E-state index contributed by atoms with van der Waals surface area (Å²) in [7, 11) is -6.09. The first-order chi connectivity index (χ1) is 10.6. The lowest BCUT2D eigenvalue weighted by atomic mass is 10.1. The summed E-state index contributed by atoms with van der Waals surface area (Å²) in [5.41, 5.74) is -5.65. The number of unbranched alkanes of at least 4 members (excludes halogenated alkanes) is 4. The highest BCUT2D eigenvalue weighted by atomic mass is 32.2. The molecule has 0 amide bonds. The fourth-order valence-electron chi connectivity index (χ4n) is 2.97. The Labute approximate surface area is 138 Å². The van der Waals surface area contributed by atoms with E-state index in [-0.39, 0.29) is 0 Å². The first-order valence-corrected chi connectivity index (χ1v) is 9.91. The number of hydrogen-bond donors (Lipinski definition) is 1. The molecule has 23 heavy (non-hydrogen) atoms. The quantitative estimate of drug-likeness (QED) is 0.411. The molecule has 1 N–H and O–H groups in total. The zero-order chi connectivity index (χ0) is 17.9. The van der Waals surface area contributed by atoms with Gasteiger partial charge in [-0.1, -0.05) is 39.5 Å². The van der Waals surface area contributed by atoms with Crippen LogP contribution in [0.1, 0.15) is 71.6 Å². The molecule has 0 spiro atoms. The molecule has 140 valence electrons. The topological polar surface area (TPSA) is 61.6 Å². The summed E-state index contributed by atoms with van der Waals surface area (Å²) in [6, 6.07) is 1.01. The lowest BCUT2D eigenvalue weighted by molar-refractivity contribution is -0.912. The van der Waals surface area contributed by atoms with Crippen molar-refractivity contribution in [1.29, 1.82) is 0 Å². The average molecular weight is 361 g/mol. The van der Waals surface area contributed by atoms with E-state index in [2.05, 4.69) is 13.8 Å². The van der Waals surface area contributed by atoms with Gasteiger partial charge in [-0.3, -0.25) is 0 Å². The van der Waals surface area contributed by atoms with E-state index in [1.54, 1.807) is 0 Å². The summed E-state index contributed by atoms with van der Waals surface area (Å²) >= 11 is 0. The second-order valence-corrected chi connectivity index (χ2v) is 7.47. The number of likely N-dealkylation sites (tertiary alicyclic amines) is 1. The van der Waals surface area contributed by atoms with Gasteiger partial charge in [0.25, 0.3) is 0 Å². The first-order valence-electron chi connectivity index (χ1n) is 8.50. The Hall–Kier alpha value is -0.340. The predicted octanol–water partition coefficient (Wildman–Crippen LogP) is 2.86. The maximum absolute atomic E-state index is 10.7. The standard InChI is InChI=1S/C14H29N.CHF3O3S/c1-3-5-6-7-8-12-15-13-9-11-14(15)10-4-2;2-1(3,4)8(5,6)7/h14H,3-13H2,1-2H3;(H,5,6,7). The van der Waals surface area contributed by atoms with E-state index in [1.165, 1.54) is 70.9 Å². The molecule has 0 radical (unpaired) electrons. The van der Waals surface area contributed by atoms with Crippen LogP contribution in [-0.2, 0) is 10.1 Å². The van der Waals surface area contributed by atoms with Crippen LogP contribution < -0.4 is 4.90 Å². The minimum Gasteiger partial charge on any atom is -0.741 e. The van der Waals surface area contributed by atoms with Gasteiger partial charge in [0.05, 0.1) is 19.1 Å². The van der Waals surface area contributed by atoms with Crippen LogP contribution in [0.25, 0.3) is 0 Å². The van der Waals surface area contributed by atoms with E-state index in [0.717, 1.165) is 6.04 Å². The lowest BCUT2D eigenvalue weighted by Crippen LogP contribution is -3.13. The highest BCUT2D eigenvalue weighted by Gasteiger charge is 2.36. The van der Waals surface area contributed by atoms with Gasteiger partial charge in [0.1, 0.15) is 0 Å². The molecule has 0 saturated carbocycles. The van der Waals surface area contributed by atoms with E-state index < -0.39 is 15.6 Å². The third-order valence-electron chi connectivity index (χ3n) is 4.15. The van der Waals surface area contributed by atoms with Crippen molar-refractivity contribution in [2.24, 2.45) is 0 Å². The monoisotopic (exact) mass is 361 g/mol. The average Bonchev–Trinajstić information content (AvgIpc) is 2.85. The van der Waals surface area contributed by atoms with Gasteiger partial charge in [-0.25, -0.2) is 8.42 Å². The highest BCUT2D eigenvalue weighted by Crippen LogP contribution is 2.20. The second kappa shape index (κ2) is 11.3. The van der Waals surface area contributed by atoms with Gasteiger partial charge in [-0.2, -0.15) is 13.2 Å². The number of halogens is 3. The summed E-state index contributed by atoms with van der Waals surface area (Å²) in [6.07, 6.45) is 13.0. The molecule has 0 aromatic rings. The molecule has 0 bridgehead atoms. The second-order valence-electron chi connectivity index (χ2n) is 6.10. The number of nitrogens with one attached hydrogen (secondary N) is 1. The van der Waals surface area contributed by atoms with Crippen molar-refractivity contribution in [3.05, 3.63) is 0 Å². The Morgan fingerprint density at radius 3 is 2.13 bits per heavy atom. The number of hydrogen-bond acceptors (Lipinski definition) is 3. The van der Waals surface area contributed by atoms with Crippen LogP contribution in [0.5, 0.6) is 0 Å². The molecule has 0 aromatic carbocycles. The van der Waals surface area contributed by atoms with Crippen molar-refractivity contribution in [3.63, 3.8) is 0 Å². The van der Waals surface area contributed by atoms with Gasteiger partial charge in [-0.15, -0.1) is 0 Å².